The van der Waals surface area contributed by atoms with Crippen LogP contribution in [0, 0.1) is 0 Å². The van der Waals surface area contributed by atoms with E-state index in [1.807, 2.05) is 5.32 Å². The zero-order valence-electron chi connectivity index (χ0n) is 16.9. The molecule has 1 aromatic rings. The Balaban J connectivity index is 2.77. The molecule has 176 valence electrons. The highest BCUT2D eigenvalue weighted by Gasteiger charge is 2.30. The number of amides is 3. The summed E-state index contributed by atoms with van der Waals surface area (Å²) in [7, 11) is 0. The predicted octanol–water partition coefficient (Wildman–Crippen LogP) is -3.21. The van der Waals surface area contributed by atoms with E-state index in [2.05, 4.69) is 20.6 Å². The molecule has 0 aromatic carbocycles. The van der Waals surface area contributed by atoms with E-state index in [4.69, 9.17) is 15.9 Å². The standard InChI is InChI=1S/C17H24N6O9/c1-7(14(28)23-11(17(31)32)2-8-5-19-6-20-8)21-16(30)10(4-13(26)27)22-15(29)9(18)3-12(24)25/h5-7,9-11H,2-4,18H2,1H3,(H,19,20)(H,21,30)(H,22,29)(H,23,28)(H,24,25)(H,26,27)(H,31,32). The summed E-state index contributed by atoms with van der Waals surface area (Å²) in [5, 5.41) is 33.4. The quantitative estimate of drug-likeness (QED) is 0.146. The van der Waals surface area contributed by atoms with E-state index in [0.29, 0.717) is 5.69 Å². The van der Waals surface area contributed by atoms with E-state index in [9.17, 15) is 33.9 Å². The third kappa shape index (κ3) is 8.78. The number of carboxylic acids is 3. The normalized spacial score (nSPS) is 14.3. The molecule has 1 heterocycles. The fourth-order valence-corrected chi connectivity index (χ4v) is 2.44. The second-order valence-electron chi connectivity index (χ2n) is 6.77. The van der Waals surface area contributed by atoms with E-state index >= 15 is 0 Å². The third-order valence-corrected chi connectivity index (χ3v) is 4.09. The van der Waals surface area contributed by atoms with Gasteiger partial charge in [0.1, 0.15) is 18.1 Å². The van der Waals surface area contributed by atoms with Gasteiger partial charge in [0.05, 0.1) is 25.2 Å². The number of hydrogen-bond donors (Lipinski definition) is 8. The molecule has 0 aliphatic rings. The van der Waals surface area contributed by atoms with Crippen LogP contribution < -0.4 is 21.7 Å². The lowest BCUT2D eigenvalue weighted by Gasteiger charge is -2.22. The summed E-state index contributed by atoms with van der Waals surface area (Å²) in [4.78, 5) is 76.1. The Morgan fingerprint density at radius 2 is 1.53 bits per heavy atom. The van der Waals surface area contributed by atoms with Crippen LogP contribution in [-0.4, -0.2) is 85.1 Å². The van der Waals surface area contributed by atoms with E-state index in [-0.39, 0.29) is 6.42 Å². The first-order chi connectivity index (χ1) is 14.9. The number of nitrogens with zero attached hydrogens (tertiary/aromatic N) is 1. The molecule has 0 aliphatic heterocycles. The number of carbonyl (C=O) groups excluding carboxylic acids is 3. The maximum absolute atomic E-state index is 12.4. The average molecular weight is 456 g/mol. The number of carboxylic acid groups (broad SMARTS) is 3. The third-order valence-electron chi connectivity index (χ3n) is 4.09. The summed E-state index contributed by atoms with van der Waals surface area (Å²) in [6.07, 6.45) is 0.975. The number of imidazole rings is 1. The topological polar surface area (TPSA) is 254 Å². The Kier molecular flexibility index (Phi) is 9.75. The Morgan fingerprint density at radius 3 is 2.03 bits per heavy atom. The van der Waals surface area contributed by atoms with E-state index in [1.165, 1.54) is 19.4 Å². The smallest absolute Gasteiger partial charge is 0.326 e. The molecule has 3 amide bonds. The van der Waals surface area contributed by atoms with E-state index in [0.717, 1.165) is 0 Å². The number of aliphatic carboxylic acids is 3. The van der Waals surface area contributed by atoms with Crippen molar-refractivity contribution in [1.29, 1.82) is 0 Å². The van der Waals surface area contributed by atoms with Gasteiger partial charge in [-0.3, -0.25) is 24.0 Å². The van der Waals surface area contributed by atoms with Crippen LogP contribution in [-0.2, 0) is 35.2 Å². The first-order valence-corrected chi connectivity index (χ1v) is 9.21. The highest BCUT2D eigenvalue weighted by molar-refractivity contribution is 5.96. The summed E-state index contributed by atoms with van der Waals surface area (Å²) in [5.74, 6) is -7.19. The van der Waals surface area contributed by atoms with Crippen molar-refractivity contribution in [3.8, 4) is 0 Å². The summed E-state index contributed by atoms with van der Waals surface area (Å²) in [6.45, 7) is 1.22. The number of carbonyl (C=O) groups is 6. The van der Waals surface area contributed by atoms with Crippen LogP contribution >= 0.6 is 0 Å². The van der Waals surface area contributed by atoms with Gasteiger partial charge in [-0.1, -0.05) is 0 Å². The molecule has 1 aromatic heterocycles. The zero-order chi connectivity index (χ0) is 24.4. The molecule has 15 heteroatoms. The van der Waals surface area contributed by atoms with E-state index < -0.39 is 72.6 Å². The van der Waals surface area contributed by atoms with Gasteiger partial charge in [0, 0.05) is 18.3 Å². The molecule has 4 unspecified atom stereocenters. The summed E-state index contributed by atoms with van der Waals surface area (Å²) in [6, 6.07) is -5.83. The van der Waals surface area contributed by atoms with Crippen molar-refractivity contribution in [3.05, 3.63) is 18.2 Å². The van der Waals surface area contributed by atoms with Crippen LogP contribution in [0.3, 0.4) is 0 Å². The van der Waals surface area contributed by atoms with Crippen molar-refractivity contribution >= 4 is 35.6 Å². The summed E-state index contributed by atoms with van der Waals surface area (Å²) < 4.78 is 0. The number of nitrogens with one attached hydrogen (secondary N) is 4. The maximum atomic E-state index is 12.4. The lowest BCUT2D eigenvalue weighted by molar-refractivity contribution is -0.143. The lowest BCUT2D eigenvalue weighted by atomic mass is 10.1. The number of aromatic amines is 1. The van der Waals surface area contributed by atoms with Gasteiger partial charge in [0.15, 0.2) is 0 Å². The molecular weight excluding hydrogens is 432 g/mol. The lowest BCUT2D eigenvalue weighted by Crippen LogP contribution is -2.57. The number of H-pyrrole nitrogens is 1. The Morgan fingerprint density at radius 1 is 0.938 bits per heavy atom. The summed E-state index contributed by atoms with van der Waals surface area (Å²) in [5.41, 5.74) is 5.83. The van der Waals surface area contributed by atoms with Crippen molar-refractivity contribution in [3.63, 3.8) is 0 Å². The number of nitrogens with two attached hydrogens (primary N) is 1. The van der Waals surface area contributed by atoms with Crippen molar-refractivity contribution in [1.82, 2.24) is 25.9 Å². The van der Waals surface area contributed by atoms with Crippen LogP contribution in [0.15, 0.2) is 12.5 Å². The first kappa shape index (κ1) is 26.0. The fraction of sp³-hybridized carbons (Fsp3) is 0.471. The molecule has 1 rings (SSSR count). The molecule has 0 fully saturated rings. The minimum absolute atomic E-state index is 0.110. The van der Waals surface area contributed by atoms with Crippen LogP contribution in [0.1, 0.15) is 25.5 Å². The predicted molar refractivity (Wildman–Crippen MR) is 104 cm³/mol. The monoisotopic (exact) mass is 456 g/mol. The fourth-order valence-electron chi connectivity index (χ4n) is 2.44. The van der Waals surface area contributed by atoms with Gasteiger partial charge in [0.2, 0.25) is 17.7 Å². The zero-order valence-corrected chi connectivity index (χ0v) is 16.9. The molecule has 0 bridgehead atoms. The maximum Gasteiger partial charge on any atom is 0.326 e. The highest BCUT2D eigenvalue weighted by Crippen LogP contribution is 2.01. The molecule has 0 radical (unpaired) electrons. The molecule has 32 heavy (non-hydrogen) atoms. The van der Waals surface area contributed by atoms with Gasteiger partial charge in [-0.2, -0.15) is 0 Å². The number of hydrogen-bond acceptors (Lipinski definition) is 8. The second kappa shape index (κ2) is 12.0. The van der Waals surface area contributed by atoms with Gasteiger partial charge in [-0.25, -0.2) is 9.78 Å². The van der Waals surface area contributed by atoms with Crippen LogP contribution in [0.4, 0.5) is 0 Å². The molecule has 0 saturated carbocycles. The van der Waals surface area contributed by atoms with Crippen LogP contribution in [0.5, 0.6) is 0 Å². The number of aromatic nitrogens is 2. The molecule has 4 atom stereocenters. The second-order valence-corrected chi connectivity index (χ2v) is 6.77. The molecule has 0 saturated heterocycles. The molecule has 15 nitrogen and oxygen atoms in total. The van der Waals surface area contributed by atoms with E-state index in [1.54, 1.807) is 0 Å². The van der Waals surface area contributed by atoms with Gasteiger partial charge >= 0.3 is 17.9 Å². The van der Waals surface area contributed by atoms with Gasteiger partial charge in [0.25, 0.3) is 0 Å². The van der Waals surface area contributed by atoms with Gasteiger partial charge < -0.3 is 42.0 Å². The largest absolute Gasteiger partial charge is 0.481 e. The highest BCUT2D eigenvalue weighted by atomic mass is 16.4. The Labute approximate surface area is 180 Å². The first-order valence-electron chi connectivity index (χ1n) is 9.21. The van der Waals surface area contributed by atoms with Crippen molar-refractivity contribution in [2.75, 3.05) is 0 Å². The van der Waals surface area contributed by atoms with Crippen LogP contribution in [0.2, 0.25) is 0 Å². The van der Waals surface area contributed by atoms with Gasteiger partial charge in [-0.05, 0) is 6.92 Å². The van der Waals surface area contributed by atoms with Crippen molar-refractivity contribution < 1.29 is 44.1 Å². The number of rotatable bonds is 13. The van der Waals surface area contributed by atoms with Crippen molar-refractivity contribution in [2.45, 2.75) is 50.4 Å². The van der Waals surface area contributed by atoms with Gasteiger partial charge in [-0.15, -0.1) is 0 Å². The minimum atomic E-state index is -1.66. The SMILES string of the molecule is CC(NC(=O)C(CC(=O)O)NC(=O)C(N)CC(=O)O)C(=O)NC(Cc1cnc[nH]1)C(=O)O. The Hall–Kier alpha value is -4.01. The molecule has 9 N–H and O–H groups in total. The molecule has 0 spiro atoms. The summed E-state index contributed by atoms with van der Waals surface area (Å²) >= 11 is 0. The average Bonchev–Trinajstić information content (AvgIpc) is 3.18. The van der Waals surface area contributed by atoms with Crippen LogP contribution in [0.25, 0.3) is 0 Å². The molecular formula is C17H24N6O9. The minimum Gasteiger partial charge on any atom is -0.481 e. The van der Waals surface area contributed by atoms with Crippen molar-refractivity contribution in [2.24, 2.45) is 5.73 Å². The molecule has 0 aliphatic carbocycles. The Bertz CT molecular complexity index is 857.